The van der Waals surface area contributed by atoms with Crippen molar-refractivity contribution in [2.24, 2.45) is 0 Å². The quantitative estimate of drug-likeness (QED) is 0.544. The van der Waals surface area contributed by atoms with Gasteiger partial charge in [-0.15, -0.1) is 10.2 Å². The number of ether oxygens (including phenoxy) is 2. The van der Waals surface area contributed by atoms with E-state index in [-0.39, 0.29) is 0 Å². The lowest BCUT2D eigenvalue weighted by Crippen LogP contribution is -2.02. The fraction of sp³-hybridized carbons (Fsp3) is 0.200. The number of H-pyrrole nitrogens is 1. The molecule has 27 heavy (non-hydrogen) atoms. The Labute approximate surface area is 156 Å². The number of rotatable bonds is 7. The fourth-order valence-corrected chi connectivity index (χ4v) is 2.89. The third-order valence-corrected chi connectivity index (χ3v) is 4.31. The van der Waals surface area contributed by atoms with Crippen LogP contribution in [0.15, 0.2) is 54.6 Å². The summed E-state index contributed by atoms with van der Waals surface area (Å²) in [7, 11) is 1.66. The highest BCUT2D eigenvalue weighted by atomic mass is 16.5. The second kappa shape index (κ2) is 7.82. The van der Waals surface area contributed by atoms with Crippen LogP contribution < -0.4 is 9.47 Å². The first kappa shape index (κ1) is 17.0. The highest BCUT2D eigenvalue weighted by Gasteiger charge is 2.07. The Balaban J connectivity index is 1.46. The van der Waals surface area contributed by atoms with Crippen LogP contribution >= 0.6 is 0 Å². The number of aryl methyl sites for hydroxylation is 2. The Hall–Kier alpha value is -3.48. The third kappa shape index (κ3) is 4.03. The summed E-state index contributed by atoms with van der Waals surface area (Å²) < 4.78 is 11.3. The molecule has 0 unspecified atom stereocenters. The summed E-state index contributed by atoms with van der Waals surface area (Å²) in [4.78, 5) is 4.67. The van der Waals surface area contributed by atoms with E-state index in [4.69, 9.17) is 9.47 Å². The summed E-state index contributed by atoms with van der Waals surface area (Å²) >= 11 is 0. The van der Waals surface area contributed by atoms with Crippen molar-refractivity contribution in [2.45, 2.75) is 19.4 Å². The SMILES string of the molecule is COc1ccc2nc(COc3ccccc3CCc3nn[nH]n3)ccc2c1. The zero-order valence-corrected chi connectivity index (χ0v) is 14.9. The molecule has 0 atom stereocenters. The Morgan fingerprint density at radius 3 is 2.78 bits per heavy atom. The van der Waals surface area contributed by atoms with Crippen molar-refractivity contribution < 1.29 is 9.47 Å². The van der Waals surface area contributed by atoms with Crippen LogP contribution in [0.2, 0.25) is 0 Å². The van der Waals surface area contributed by atoms with E-state index < -0.39 is 0 Å². The molecule has 1 N–H and O–H groups in total. The van der Waals surface area contributed by atoms with Crippen LogP contribution in [0.1, 0.15) is 17.1 Å². The van der Waals surface area contributed by atoms with Crippen LogP contribution in [-0.2, 0) is 19.4 Å². The van der Waals surface area contributed by atoms with Crippen LogP contribution in [0, 0.1) is 0 Å². The van der Waals surface area contributed by atoms with Gasteiger partial charge in [0.05, 0.1) is 18.3 Å². The fourth-order valence-electron chi connectivity index (χ4n) is 2.89. The molecule has 0 saturated carbocycles. The molecule has 2 aromatic carbocycles. The van der Waals surface area contributed by atoms with Gasteiger partial charge < -0.3 is 9.47 Å². The van der Waals surface area contributed by atoms with Crippen molar-refractivity contribution in [3.63, 3.8) is 0 Å². The largest absolute Gasteiger partial charge is 0.497 e. The normalized spacial score (nSPS) is 10.9. The van der Waals surface area contributed by atoms with Crippen molar-refractivity contribution in [2.75, 3.05) is 7.11 Å². The number of methoxy groups -OCH3 is 1. The minimum atomic E-state index is 0.404. The molecular formula is C20H19N5O2. The minimum Gasteiger partial charge on any atom is -0.497 e. The number of benzene rings is 2. The van der Waals surface area contributed by atoms with Crippen LogP contribution in [0.4, 0.5) is 0 Å². The third-order valence-electron chi connectivity index (χ3n) is 4.31. The molecule has 0 aliphatic heterocycles. The van der Waals surface area contributed by atoms with Gasteiger partial charge >= 0.3 is 0 Å². The molecular weight excluding hydrogens is 342 g/mol. The van der Waals surface area contributed by atoms with Crippen LogP contribution in [-0.4, -0.2) is 32.7 Å². The van der Waals surface area contributed by atoms with E-state index in [1.165, 1.54) is 0 Å². The standard InChI is InChI=1S/C20H19N5O2/c1-26-17-9-10-18-15(12-17)6-8-16(21-18)13-27-19-5-3-2-4-14(19)7-11-20-22-24-25-23-20/h2-6,8-10,12H,7,11,13H2,1H3,(H,22,23,24,25). The molecule has 2 aromatic heterocycles. The molecule has 136 valence electrons. The topological polar surface area (TPSA) is 85.8 Å². The van der Waals surface area contributed by atoms with Crippen LogP contribution in [0.3, 0.4) is 0 Å². The van der Waals surface area contributed by atoms with Crippen molar-refractivity contribution in [3.8, 4) is 11.5 Å². The van der Waals surface area contributed by atoms with Gasteiger partial charge in [0.2, 0.25) is 0 Å². The summed E-state index contributed by atoms with van der Waals surface area (Å²) in [6.45, 7) is 0.404. The number of hydrogen-bond donors (Lipinski definition) is 1. The average Bonchev–Trinajstić information content (AvgIpc) is 3.24. The van der Waals surface area contributed by atoms with E-state index in [2.05, 4.69) is 31.7 Å². The molecule has 4 aromatic rings. The number of aromatic nitrogens is 5. The van der Waals surface area contributed by atoms with Gasteiger partial charge in [-0.2, -0.15) is 5.21 Å². The van der Waals surface area contributed by atoms with Gasteiger partial charge in [0.25, 0.3) is 0 Å². The van der Waals surface area contributed by atoms with Gasteiger partial charge in [-0.1, -0.05) is 29.5 Å². The highest BCUT2D eigenvalue weighted by Crippen LogP contribution is 2.22. The average molecular weight is 361 g/mol. The Morgan fingerprint density at radius 2 is 1.93 bits per heavy atom. The Kier molecular flexibility index (Phi) is 4.91. The lowest BCUT2D eigenvalue weighted by atomic mass is 10.1. The van der Waals surface area contributed by atoms with Crippen LogP contribution in [0.5, 0.6) is 11.5 Å². The number of hydrogen-bond acceptors (Lipinski definition) is 6. The molecule has 7 heteroatoms. The van der Waals surface area contributed by atoms with E-state index in [1.54, 1.807) is 7.11 Å². The molecule has 0 bridgehead atoms. The van der Waals surface area contributed by atoms with Gasteiger partial charge in [0.15, 0.2) is 5.82 Å². The minimum absolute atomic E-state index is 0.404. The van der Waals surface area contributed by atoms with Gasteiger partial charge in [-0.05, 0) is 42.3 Å². The monoisotopic (exact) mass is 361 g/mol. The van der Waals surface area contributed by atoms with E-state index in [0.29, 0.717) is 18.9 Å². The molecule has 0 spiro atoms. The number of pyridine rings is 1. The number of nitrogens with zero attached hydrogens (tertiary/aromatic N) is 4. The smallest absolute Gasteiger partial charge is 0.174 e. The molecule has 0 aliphatic rings. The van der Waals surface area contributed by atoms with E-state index in [9.17, 15) is 0 Å². The van der Waals surface area contributed by atoms with Gasteiger partial charge in [0.1, 0.15) is 18.1 Å². The first-order valence-corrected chi connectivity index (χ1v) is 8.68. The number of aromatic amines is 1. The molecule has 0 fully saturated rings. The second-order valence-electron chi connectivity index (χ2n) is 6.09. The first-order valence-electron chi connectivity index (χ1n) is 8.68. The number of para-hydroxylation sites is 1. The summed E-state index contributed by atoms with van der Waals surface area (Å²) in [6.07, 6.45) is 1.48. The van der Waals surface area contributed by atoms with Crippen LogP contribution in [0.25, 0.3) is 10.9 Å². The maximum absolute atomic E-state index is 6.04. The predicted octanol–water partition coefficient (Wildman–Crippen LogP) is 3.12. The van der Waals surface area contributed by atoms with Gasteiger partial charge in [-0.25, -0.2) is 4.98 Å². The van der Waals surface area contributed by atoms with E-state index in [1.807, 2.05) is 48.5 Å². The molecule has 0 saturated heterocycles. The van der Waals surface area contributed by atoms with E-state index >= 15 is 0 Å². The van der Waals surface area contributed by atoms with Crippen molar-refractivity contribution in [3.05, 3.63) is 71.7 Å². The zero-order chi connectivity index (χ0) is 18.5. The molecule has 0 aliphatic carbocycles. The highest BCUT2D eigenvalue weighted by molar-refractivity contribution is 5.80. The Bertz CT molecular complexity index is 1030. The summed E-state index contributed by atoms with van der Waals surface area (Å²) in [5, 5.41) is 15.1. The van der Waals surface area contributed by atoms with Crippen molar-refractivity contribution >= 4 is 10.9 Å². The summed E-state index contributed by atoms with van der Waals surface area (Å²) in [5.74, 6) is 2.36. The zero-order valence-electron chi connectivity index (χ0n) is 14.9. The maximum atomic E-state index is 6.04. The first-order chi connectivity index (χ1) is 13.3. The van der Waals surface area contributed by atoms with Crippen molar-refractivity contribution in [1.29, 1.82) is 0 Å². The molecule has 7 nitrogen and oxygen atoms in total. The van der Waals surface area contributed by atoms with E-state index in [0.717, 1.165) is 40.1 Å². The lowest BCUT2D eigenvalue weighted by Gasteiger charge is -2.11. The second-order valence-corrected chi connectivity index (χ2v) is 6.09. The molecule has 2 heterocycles. The molecule has 0 amide bonds. The number of fused-ring (bicyclic) bond motifs is 1. The predicted molar refractivity (Wildman–Crippen MR) is 101 cm³/mol. The summed E-state index contributed by atoms with van der Waals surface area (Å²) in [6, 6.07) is 17.8. The number of nitrogens with one attached hydrogen (secondary N) is 1. The molecule has 4 rings (SSSR count). The van der Waals surface area contributed by atoms with Gasteiger partial charge in [-0.3, -0.25) is 0 Å². The van der Waals surface area contributed by atoms with Gasteiger partial charge in [0, 0.05) is 11.8 Å². The lowest BCUT2D eigenvalue weighted by molar-refractivity contribution is 0.298. The molecule has 0 radical (unpaired) electrons. The number of tetrazole rings is 1. The van der Waals surface area contributed by atoms with Crippen molar-refractivity contribution in [1.82, 2.24) is 25.6 Å². The summed E-state index contributed by atoms with van der Waals surface area (Å²) in [5.41, 5.74) is 2.90. The maximum Gasteiger partial charge on any atom is 0.174 e. The Morgan fingerprint density at radius 1 is 1.00 bits per heavy atom.